The van der Waals surface area contributed by atoms with Crippen LogP contribution in [0.15, 0.2) is 42.2 Å². The maximum absolute atomic E-state index is 5.59. The molecule has 6 heteroatoms. The van der Waals surface area contributed by atoms with Crippen LogP contribution in [0.4, 0.5) is 5.82 Å². The Labute approximate surface area is 109 Å². The molecular formula is C12H13N5S. The monoisotopic (exact) mass is 259 g/mol. The average Bonchev–Trinajstić information content (AvgIpc) is 3.07. The van der Waals surface area contributed by atoms with Gasteiger partial charge in [-0.2, -0.15) is 5.10 Å². The first kappa shape index (κ1) is 11.0. The molecule has 18 heavy (non-hydrogen) atoms. The minimum Gasteiger partial charge on any atom is -0.382 e. The molecule has 0 aromatic carbocycles. The van der Waals surface area contributed by atoms with Crippen LogP contribution in [0, 0.1) is 0 Å². The minimum absolute atomic E-state index is 0.555. The van der Waals surface area contributed by atoms with Crippen LogP contribution in [0.25, 0.3) is 10.7 Å². The van der Waals surface area contributed by atoms with Crippen LogP contribution in [-0.4, -0.2) is 19.3 Å². The Morgan fingerprint density at radius 2 is 2.17 bits per heavy atom. The second-order valence-electron chi connectivity index (χ2n) is 3.93. The number of anilines is 1. The SMILES string of the molecule is Nc1ccn(CCn2ccnc2-c2cccs2)n1. The van der Waals surface area contributed by atoms with Gasteiger partial charge in [-0.1, -0.05) is 6.07 Å². The number of rotatable bonds is 4. The highest BCUT2D eigenvalue weighted by Crippen LogP contribution is 2.22. The Morgan fingerprint density at radius 3 is 2.89 bits per heavy atom. The van der Waals surface area contributed by atoms with E-state index in [4.69, 9.17) is 5.73 Å². The van der Waals surface area contributed by atoms with Crippen molar-refractivity contribution in [3.8, 4) is 10.7 Å². The molecule has 0 aliphatic carbocycles. The number of aryl methyl sites for hydroxylation is 2. The fraction of sp³-hybridized carbons (Fsp3) is 0.167. The van der Waals surface area contributed by atoms with Crippen molar-refractivity contribution < 1.29 is 0 Å². The molecule has 5 nitrogen and oxygen atoms in total. The molecule has 0 spiro atoms. The molecule has 0 saturated carbocycles. The van der Waals surface area contributed by atoms with Crippen LogP contribution < -0.4 is 5.73 Å². The number of nitrogen functional groups attached to an aromatic ring is 1. The van der Waals surface area contributed by atoms with Gasteiger partial charge in [0.2, 0.25) is 0 Å². The van der Waals surface area contributed by atoms with Gasteiger partial charge in [-0.3, -0.25) is 4.68 Å². The zero-order valence-corrected chi connectivity index (χ0v) is 10.5. The van der Waals surface area contributed by atoms with Gasteiger partial charge in [-0.05, 0) is 17.5 Å². The van der Waals surface area contributed by atoms with Gasteiger partial charge in [0.05, 0.1) is 11.4 Å². The van der Waals surface area contributed by atoms with Gasteiger partial charge in [0.15, 0.2) is 0 Å². The molecule has 0 radical (unpaired) electrons. The normalized spacial score (nSPS) is 10.9. The third-order valence-electron chi connectivity index (χ3n) is 2.69. The summed E-state index contributed by atoms with van der Waals surface area (Å²) in [4.78, 5) is 5.58. The van der Waals surface area contributed by atoms with Crippen LogP contribution in [0.3, 0.4) is 0 Å². The summed E-state index contributed by atoms with van der Waals surface area (Å²) >= 11 is 1.69. The molecule has 92 valence electrons. The minimum atomic E-state index is 0.555. The predicted octanol–water partition coefficient (Wildman–Crippen LogP) is 2.09. The number of nitrogens with two attached hydrogens (primary N) is 1. The van der Waals surface area contributed by atoms with E-state index in [1.165, 1.54) is 4.88 Å². The summed E-state index contributed by atoms with van der Waals surface area (Å²) in [5.41, 5.74) is 5.59. The number of imidazole rings is 1. The average molecular weight is 259 g/mol. The molecule has 0 saturated heterocycles. The molecule has 3 aromatic heterocycles. The lowest BCUT2D eigenvalue weighted by atomic mass is 10.4. The summed E-state index contributed by atoms with van der Waals surface area (Å²) in [6.07, 6.45) is 5.70. The summed E-state index contributed by atoms with van der Waals surface area (Å²) in [6.45, 7) is 1.61. The van der Waals surface area contributed by atoms with Crippen LogP contribution in [0.5, 0.6) is 0 Å². The van der Waals surface area contributed by atoms with Crippen molar-refractivity contribution in [1.82, 2.24) is 19.3 Å². The highest BCUT2D eigenvalue weighted by atomic mass is 32.1. The highest BCUT2D eigenvalue weighted by Gasteiger charge is 2.06. The number of thiophene rings is 1. The van der Waals surface area contributed by atoms with E-state index in [0.29, 0.717) is 5.82 Å². The summed E-state index contributed by atoms with van der Waals surface area (Å²) in [6, 6.07) is 5.91. The molecule has 0 atom stereocenters. The largest absolute Gasteiger partial charge is 0.382 e. The summed E-state index contributed by atoms with van der Waals surface area (Å²) < 4.78 is 3.97. The molecule has 3 aromatic rings. The lowest BCUT2D eigenvalue weighted by Crippen LogP contribution is -2.08. The molecule has 0 aliphatic heterocycles. The Bertz CT molecular complexity index is 622. The first-order valence-electron chi connectivity index (χ1n) is 5.67. The van der Waals surface area contributed by atoms with E-state index in [1.807, 2.05) is 29.3 Å². The van der Waals surface area contributed by atoms with Crippen molar-refractivity contribution in [2.75, 3.05) is 5.73 Å². The fourth-order valence-electron chi connectivity index (χ4n) is 1.83. The van der Waals surface area contributed by atoms with E-state index in [9.17, 15) is 0 Å². The van der Waals surface area contributed by atoms with Gasteiger partial charge in [0.25, 0.3) is 0 Å². The van der Waals surface area contributed by atoms with E-state index in [-0.39, 0.29) is 0 Å². The molecule has 0 amide bonds. The van der Waals surface area contributed by atoms with Crippen LogP contribution in [0.1, 0.15) is 0 Å². The predicted molar refractivity (Wildman–Crippen MR) is 72.2 cm³/mol. The van der Waals surface area contributed by atoms with Gasteiger partial charge in [-0.15, -0.1) is 11.3 Å². The molecule has 0 unspecified atom stereocenters. The van der Waals surface area contributed by atoms with Crippen molar-refractivity contribution in [1.29, 1.82) is 0 Å². The van der Waals surface area contributed by atoms with Crippen LogP contribution in [-0.2, 0) is 13.1 Å². The van der Waals surface area contributed by atoms with Crippen molar-refractivity contribution in [3.63, 3.8) is 0 Å². The fourth-order valence-corrected chi connectivity index (χ4v) is 2.57. The molecule has 0 fully saturated rings. The van der Waals surface area contributed by atoms with E-state index in [1.54, 1.807) is 17.4 Å². The molecule has 3 heterocycles. The van der Waals surface area contributed by atoms with Gasteiger partial charge < -0.3 is 10.3 Å². The third kappa shape index (κ3) is 2.14. The van der Waals surface area contributed by atoms with E-state index >= 15 is 0 Å². The smallest absolute Gasteiger partial charge is 0.150 e. The second-order valence-corrected chi connectivity index (χ2v) is 4.87. The van der Waals surface area contributed by atoms with Crippen molar-refractivity contribution in [3.05, 3.63) is 42.2 Å². The molecular weight excluding hydrogens is 246 g/mol. The van der Waals surface area contributed by atoms with E-state index < -0.39 is 0 Å². The molecule has 3 rings (SSSR count). The zero-order valence-electron chi connectivity index (χ0n) is 9.73. The third-order valence-corrected chi connectivity index (χ3v) is 3.55. The number of hydrogen-bond acceptors (Lipinski definition) is 4. The van der Waals surface area contributed by atoms with Gasteiger partial charge in [0, 0.05) is 25.1 Å². The second kappa shape index (κ2) is 4.66. The maximum atomic E-state index is 5.59. The first-order valence-corrected chi connectivity index (χ1v) is 6.55. The van der Waals surface area contributed by atoms with Crippen LogP contribution >= 0.6 is 11.3 Å². The van der Waals surface area contributed by atoms with Crippen LogP contribution in [0.2, 0.25) is 0 Å². The lowest BCUT2D eigenvalue weighted by Gasteiger charge is -2.06. The van der Waals surface area contributed by atoms with E-state index in [0.717, 1.165) is 18.9 Å². The molecule has 0 bridgehead atoms. The number of nitrogens with zero attached hydrogens (tertiary/aromatic N) is 4. The topological polar surface area (TPSA) is 61.7 Å². The first-order chi connectivity index (χ1) is 8.83. The van der Waals surface area contributed by atoms with Crippen molar-refractivity contribution >= 4 is 17.2 Å². The van der Waals surface area contributed by atoms with Gasteiger partial charge in [0.1, 0.15) is 11.6 Å². The van der Waals surface area contributed by atoms with Crippen molar-refractivity contribution in [2.24, 2.45) is 0 Å². The summed E-state index contributed by atoms with van der Waals surface area (Å²) in [5, 5.41) is 6.22. The van der Waals surface area contributed by atoms with E-state index in [2.05, 4.69) is 26.1 Å². The Balaban J connectivity index is 1.76. The lowest BCUT2D eigenvalue weighted by molar-refractivity contribution is 0.538. The standard InChI is InChI=1S/C12H13N5S/c13-11-3-5-17(15-11)8-7-16-6-4-14-12(16)10-2-1-9-18-10/h1-6,9H,7-8H2,(H2,13,15). The van der Waals surface area contributed by atoms with Gasteiger partial charge >= 0.3 is 0 Å². The number of aromatic nitrogens is 4. The number of hydrogen-bond donors (Lipinski definition) is 1. The summed E-state index contributed by atoms with van der Waals surface area (Å²) in [5.74, 6) is 1.56. The maximum Gasteiger partial charge on any atom is 0.150 e. The Morgan fingerprint density at radius 1 is 1.22 bits per heavy atom. The quantitative estimate of drug-likeness (QED) is 0.780. The van der Waals surface area contributed by atoms with Crippen molar-refractivity contribution in [2.45, 2.75) is 13.1 Å². The Kier molecular flexibility index (Phi) is 2.85. The Hall–Kier alpha value is -2.08. The van der Waals surface area contributed by atoms with Gasteiger partial charge in [-0.25, -0.2) is 4.98 Å². The summed E-state index contributed by atoms with van der Waals surface area (Å²) in [7, 11) is 0. The zero-order chi connectivity index (χ0) is 12.4. The molecule has 2 N–H and O–H groups in total. The highest BCUT2D eigenvalue weighted by molar-refractivity contribution is 7.13. The molecule has 0 aliphatic rings.